The highest BCUT2D eigenvalue weighted by molar-refractivity contribution is 7.89. The molecule has 1 atom stereocenters. The van der Waals surface area contributed by atoms with E-state index in [-0.39, 0.29) is 10.6 Å². The van der Waals surface area contributed by atoms with Crippen molar-refractivity contribution >= 4 is 27.3 Å². The highest BCUT2D eigenvalue weighted by Gasteiger charge is 2.26. The number of carbonyl (C=O) groups is 1. The van der Waals surface area contributed by atoms with Crippen LogP contribution in [0, 0.1) is 13.8 Å². The van der Waals surface area contributed by atoms with Gasteiger partial charge < -0.3 is 5.11 Å². The van der Waals surface area contributed by atoms with E-state index in [9.17, 15) is 13.2 Å². The second kappa shape index (κ2) is 5.54. The molecule has 0 saturated carbocycles. The van der Waals surface area contributed by atoms with Crippen LogP contribution in [0.15, 0.2) is 10.3 Å². The van der Waals surface area contributed by atoms with Crippen LogP contribution in [0.2, 0.25) is 0 Å². The normalized spacial score (nSPS) is 13.3. The highest BCUT2D eigenvalue weighted by Crippen LogP contribution is 2.22. The van der Waals surface area contributed by atoms with Crippen LogP contribution in [0.5, 0.6) is 0 Å². The number of rotatable bonds is 5. The lowest BCUT2D eigenvalue weighted by Gasteiger charge is -2.12. The fourth-order valence-electron chi connectivity index (χ4n) is 1.86. The van der Waals surface area contributed by atoms with Crippen molar-refractivity contribution in [2.75, 3.05) is 0 Å². The van der Waals surface area contributed by atoms with Crippen molar-refractivity contribution in [1.82, 2.24) is 19.9 Å². The van der Waals surface area contributed by atoms with Gasteiger partial charge in [0.2, 0.25) is 10.0 Å². The molecule has 0 aliphatic rings. The van der Waals surface area contributed by atoms with E-state index < -0.39 is 22.0 Å². The predicted molar refractivity (Wildman–Crippen MR) is 75.9 cm³/mol. The average molecular weight is 330 g/mol. The summed E-state index contributed by atoms with van der Waals surface area (Å²) >= 11 is 1.09. The summed E-state index contributed by atoms with van der Waals surface area (Å²) in [6.45, 7) is 4.81. The molecule has 10 heteroatoms. The van der Waals surface area contributed by atoms with Crippen molar-refractivity contribution in [3.8, 4) is 0 Å². The van der Waals surface area contributed by atoms with Crippen LogP contribution in [-0.4, -0.2) is 34.7 Å². The summed E-state index contributed by atoms with van der Waals surface area (Å²) in [7, 11) is -3.76. The lowest BCUT2D eigenvalue weighted by molar-refractivity contribution is 0.0691. The molecule has 2 aromatic rings. The number of carboxylic acids is 1. The second-order valence-electron chi connectivity index (χ2n) is 4.48. The molecule has 0 amide bonds. The summed E-state index contributed by atoms with van der Waals surface area (Å²) in [5.74, 6) is -1.14. The molecule has 1 unspecified atom stereocenters. The Bertz CT molecular complexity index is 758. The number of hydrogen-bond donors (Lipinski definition) is 3. The van der Waals surface area contributed by atoms with E-state index in [4.69, 9.17) is 5.11 Å². The van der Waals surface area contributed by atoms with E-state index in [1.54, 1.807) is 20.8 Å². The molecule has 0 bridgehead atoms. The molecule has 0 aromatic carbocycles. The van der Waals surface area contributed by atoms with Crippen LogP contribution in [0.3, 0.4) is 0 Å². The quantitative estimate of drug-likeness (QED) is 0.757. The molecular formula is C11H14N4O4S2. The molecule has 114 valence electrons. The van der Waals surface area contributed by atoms with E-state index in [1.165, 1.54) is 5.38 Å². The Hall–Kier alpha value is -1.78. The largest absolute Gasteiger partial charge is 0.476 e. The van der Waals surface area contributed by atoms with Gasteiger partial charge in [-0.3, -0.25) is 5.10 Å². The van der Waals surface area contributed by atoms with Gasteiger partial charge in [-0.25, -0.2) is 22.9 Å². The van der Waals surface area contributed by atoms with E-state index in [0.29, 0.717) is 16.4 Å². The van der Waals surface area contributed by atoms with Crippen molar-refractivity contribution in [3.63, 3.8) is 0 Å². The summed E-state index contributed by atoms with van der Waals surface area (Å²) in [6.07, 6.45) is 0. The van der Waals surface area contributed by atoms with E-state index in [0.717, 1.165) is 11.3 Å². The Morgan fingerprint density at radius 2 is 2.14 bits per heavy atom. The third-order valence-electron chi connectivity index (χ3n) is 2.77. The number of nitrogens with zero attached hydrogens (tertiary/aromatic N) is 2. The minimum absolute atomic E-state index is 0.100. The van der Waals surface area contributed by atoms with Crippen LogP contribution in [0.4, 0.5) is 0 Å². The number of thiazole rings is 1. The molecule has 0 fully saturated rings. The van der Waals surface area contributed by atoms with Crippen molar-refractivity contribution in [1.29, 1.82) is 0 Å². The molecule has 21 heavy (non-hydrogen) atoms. The molecule has 0 aliphatic carbocycles. The molecule has 0 aliphatic heterocycles. The molecule has 8 nitrogen and oxygen atoms in total. The summed E-state index contributed by atoms with van der Waals surface area (Å²) in [4.78, 5) is 14.8. The lowest BCUT2D eigenvalue weighted by atomic mass is 10.4. The Morgan fingerprint density at radius 1 is 1.48 bits per heavy atom. The molecule has 2 aromatic heterocycles. The van der Waals surface area contributed by atoms with E-state index >= 15 is 0 Å². The van der Waals surface area contributed by atoms with Crippen molar-refractivity contribution < 1.29 is 18.3 Å². The van der Waals surface area contributed by atoms with Gasteiger partial charge in [-0.05, 0) is 20.8 Å². The number of aromatic carboxylic acids is 1. The van der Waals surface area contributed by atoms with Gasteiger partial charge in [0, 0.05) is 5.38 Å². The van der Waals surface area contributed by atoms with Gasteiger partial charge in [0.05, 0.1) is 17.4 Å². The van der Waals surface area contributed by atoms with Crippen molar-refractivity contribution in [2.45, 2.75) is 31.7 Å². The molecule has 0 spiro atoms. The highest BCUT2D eigenvalue weighted by atomic mass is 32.2. The number of carboxylic acid groups (broad SMARTS) is 1. The lowest BCUT2D eigenvalue weighted by Crippen LogP contribution is -2.27. The molecular weight excluding hydrogens is 316 g/mol. The van der Waals surface area contributed by atoms with Gasteiger partial charge >= 0.3 is 5.97 Å². The summed E-state index contributed by atoms with van der Waals surface area (Å²) in [5.41, 5.74) is 0.715. The molecule has 0 saturated heterocycles. The third-order valence-corrected chi connectivity index (χ3v) is 5.60. The summed E-state index contributed by atoms with van der Waals surface area (Å²) < 4.78 is 27.2. The van der Waals surface area contributed by atoms with E-state index in [1.807, 2.05) is 0 Å². The van der Waals surface area contributed by atoms with Crippen LogP contribution >= 0.6 is 11.3 Å². The topological polar surface area (TPSA) is 125 Å². The number of aromatic amines is 1. The van der Waals surface area contributed by atoms with Gasteiger partial charge in [-0.1, -0.05) is 0 Å². The Labute approximate surface area is 125 Å². The molecule has 2 rings (SSSR count). The number of sulfonamides is 1. The zero-order valence-corrected chi connectivity index (χ0v) is 13.2. The van der Waals surface area contributed by atoms with Gasteiger partial charge in [0.1, 0.15) is 9.90 Å². The monoisotopic (exact) mass is 330 g/mol. The van der Waals surface area contributed by atoms with Gasteiger partial charge in [-0.2, -0.15) is 5.10 Å². The zero-order valence-electron chi connectivity index (χ0n) is 11.5. The maximum absolute atomic E-state index is 12.3. The fourth-order valence-corrected chi connectivity index (χ4v) is 4.32. The SMILES string of the molecule is Cc1n[nH]c(C)c1S(=O)(=O)NC(C)c1nc(C(=O)O)cs1. The minimum atomic E-state index is -3.76. The predicted octanol–water partition coefficient (Wildman–Crippen LogP) is 1.22. The zero-order chi connectivity index (χ0) is 15.8. The number of aromatic nitrogens is 3. The average Bonchev–Trinajstić information content (AvgIpc) is 2.96. The molecule has 0 radical (unpaired) electrons. The van der Waals surface area contributed by atoms with Crippen LogP contribution in [-0.2, 0) is 10.0 Å². The van der Waals surface area contributed by atoms with Gasteiger partial charge in [0.25, 0.3) is 0 Å². The number of H-pyrrole nitrogens is 1. The number of nitrogens with one attached hydrogen (secondary N) is 2. The molecule has 2 heterocycles. The third kappa shape index (κ3) is 3.12. The van der Waals surface area contributed by atoms with Crippen molar-refractivity contribution in [3.05, 3.63) is 27.5 Å². The Kier molecular flexibility index (Phi) is 4.12. The maximum Gasteiger partial charge on any atom is 0.355 e. The van der Waals surface area contributed by atoms with Crippen molar-refractivity contribution in [2.24, 2.45) is 0 Å². The first kappa shape index (κ1) is 15.6. The van der Waals surface area contributed by atoms with Crippen LogP contribution < -0.4 is 4.72 Å². The first-order valence-corrected chi connectivity index (χ1v) is 8.31. The maximum atomic E-state index is 12.3. The van der Waals surface area contributed by atoms with Gasteiger partial charge in [0.15, 0.2) is 5.69 Å². The van der Waals surface area contributed by atoms with Gasteiger partial charge in [-0.15, -0.1) is 11.3 Å². The molecule has 3 N–H and O–H groups in total. The standard InChI is InChI=1S/C11H14N4O4S2/c1-5-9(6(2)14-13-5)21(18,19)15-7(3)10-12-8(4-20-10)11(16)17/h4,7,15H,1-3H3,(H,13,14)(H,16,17). The smallest absolute Gasteiger partial charge is 0.355 e. The van der Waals surface area contributed by atoms with Crippen LogP contribution in [0.1, 0.15) is 39.8 Å². The fraction of sp³-hybridized carbons (Fsp3) is 0.364. The minimum Gasteiger partial charge on any atom is -0.476 e. The summed E-state index contributed by atoms with van der Waals surface area (Å²) in [5, 5.41) is 17.1. The first-order valence-electron chi connectivity index (χ1n) is 5.95. The Balaban J connectivity index is 2.26. The number of aryl methyl sites for hydroxylation is 2. The van der Waals surface area contributed by atoms with Crippen LogP contribution in [0.25, 0.3) is 0 Å². The first-order chi connectivity index (χ1) is 9.72. The summed E-state index contributed by atoms with van der Waals surface area (Å²) in [6, 6.07) is -0.637. The number of hydrogen-bond acceptors (Lipinski definition) is 6. The van der Waals surface area contributed by atoms with E-state index in [2.05, 4.69) is 19.9 Å². The second-order valence-corrected chi connectivity index (χ2v) is 7.02. The Morgan fingerprint density at radius 3 is 2.62 bits per heavy atom.